The van der Waals surface area contributed by atoms with Crippen LogP contribution in [0.3, 0.4) is 0 Å². The number of hydrogen-bond donors (Lipinski definition) is 0. The number of rotatable bonds is 6. The minimum absolute atomic E-state index is 0.923. The summed E-state index contributed by atoms with van der Waals surface area (Å²) in [6, 6.07) is 45.0. The smallest absolute Gasteiger partial charge is 0.361 e. The number of benzene rings is 4. The normalized spacial score (nSPS) is 18.3. The highest BCUT2D eigenvalue weighted by atomic mass is 35.7. The van der Waals surface area contributed by atoms with Crippen molar-refractivity contribution in [2.75, 3.05) is 0 Å². The molecule has 0 amide bonds. The van der Waals surface area contributed by atoms with Crippen molar-refractivity contribution in [3.8, 4) is 22.5 Å². The SMILES string of the molecule is CC1=C(C=C2CCCc3c(-c4ccccc4)cc(-c4ccccc4)[o+]c32)CCCC1=CC1=C2OC(c3ccccc3)=CC(c3ccccc3)=C2CCC1.[O-][Cl+3]([O-])([O-])[O-]. The maximum atomic E-state index is 8.49. The second-order valence-electron chi connectivity index (χ2n) is 15.1. The number of halogens is 1. The second kappa shape index (κ2) is 17.5. The van der Waals surface area contributed by atoms with Crippen molar-refractivity contribution in [1.82, 2.24) is 0 Å². The Balaban J connectivity index is 0.000000887. The molecule has 4 aromatic carbocycles. The average Bonchev–Trinajstić information content (AvgIpc) is 3.25. The summed E-state index contributed by atoms with van der Waals surface area (Å²) in [5, 5.41) is 0. The Morgan fingerprint density at radius 2 is 1.09 bits per heavy atom. The molecule has 0 radical (unpaired) electrons. The minimum atomic E-state index is -4.94. The summed E-state index contributed by atoms with van der Waals surface area (Å²) >= 11 is 0. The molecule has 3 aliphatic carbocycles. The van der Waals surface area contributed by atoms with Crippen LogP contribution in [0, 0.1) is 10.2 Å². The fraction of sp³-hybridized carbons (Fsp3) is 0.196. The van der Waals surface area contributed by atoms with Crippen LogP contribution in [0.15, 0.2) is 184 Å². The number of ether oxygens (including phenoxy) is 1. The van der Waals surface area contributed by atoms with E-state index in [-0.39, 0.29) is 0 Å². The maximum Gasteiger partial charge on any atom is 0.361 e. The Labute approximate surface area is 342 Å². The molecule has 0 fully saturated rings. The Hall–Kier alpha value is -5.60. The van der Waals surface area contributed by atoms with E-state index in [0.29, 0.717) is 0 Å². The largest absolute Gasteiger partial charge is 0.456 e. The van der Waals surface area contributed by atoms with Crippen molar-refractivity contribution >= 4 is 16.9 Å². The molecule has 0 bridgehead atoms. The van der Waals surface area contributed by atoms with Crippen molar-refractivity contribution in [2.24, 2.45) is 0 Å². The monoisotopic (exact) mass is 788 g/mol. The van der Waals surface area contributed by atoms with Crippen LogP contribution in [0.2, 0.25) is 0 Å². The quantitative estimate of drug-likeness (QED) is 0.159. The van der Waals surface area contributed by atoms with Crippen LogP contribution in [-0.4, -0.2) is 0 Å². The first-order chi connectivity index (χ1) is 28.2. The molecule has 1 aliphatic heterocycles. The van der Waals surface area contributed by atoms with Crippen LogP contribution in [0.25, 0.3) is 39.4 Å². The van der Waals surface area contributed by atoms with Gasteiger partial charge in [-0.3, -0.25) is 0 Å². The van der Waals surface area contributed by atoms with Crippen LogP contribution in [0.4, 0.5) is 0 Å². The van der Waals surface area contributed by atoms with Crippen LogP contribution < -0.4 is 18.6 Å². The van der Waals surface area contributed by atoms with Crippen LogP contribution in [-0.2, 0) is 11.2 Å². The Kier molecular flexibility index (Phi) is 11.8. The summed E-state index contributed by atoms with van der Waals surface area (Å²) in [7, 11) is -4.94. The van der Waals surface area contributed by atoms with Crippen molar-refractivity contribution in [3.05, 3.63) is 202 Å². The van der Waals surface area contributed by atoms with E-state index in [9.17, 15) is 0 Å². The van der Waals surface area contributed by atoms with E-state index in [0.717, 1.165) is 92.0 Å². The van der Waals surface area contributed by atoms with Crippen LogP contribution >= 0.6 is 0 Å². The van der Waals surface area contributed by atoms with Gasteiger partial charge in [-0.15, -0.1) is 10.2 Å². The van der Waals surface area contributed by atoms with Gasteiger partial charge in [0.05, 0.1) is 22.8 Å². The third kappa shape index (κ3) is 9.08. The Bertz CT molecular complexity index is 2460. The van der Waals surface area contributed by atoms with E-state index in [2.05, 4.69) is 153 Å². The average molecular weight is 789 g/mol. The molecule has 0 spiro atoms. The lowest BCUT2D eigenvalue weighted by Crippen LogP contribution is -2.68. The topological polar surface area (TPSA) is 113 Å². The molecule has 1 aromatic heterocycles. The first-order valence-electron chi connectivity index (χ1n) is 20.0. The first-order valence-corrected chi connectivity index (χ1v) is 21.2. The molecule has 4 aliphatic rings. The summed E-state index contributed by atoms with van der Waals surface area (Å²) in [5.74, 6) is 3.96. The van der Waals surface area contributed by atoms with E-state index in [1.54, 1.807) is 0 Å². The molecule has 9 rings (SSSR count). The van der Waals surface area contributed by atoms with E-state index in [1.165, 1.54) is 61.3 Å². The molecule has 292 valence electrons. The second-order valence-corrected chi connectivity index (χ2v) is 15.8. The molecule has 58 heavy (non-hydrogen) atoms. The van der Waals surface area contributed by atoms with Gasteiger partial charge < -0.3 is 4.74 Å². The minimum Gasteiger partial charge on any atom is -0.456 e. The Morgan fingerprint density at radius 3 is 1.74 bits per heavy atom. The van der Waals surface area contributed by atoms with Crippen molar-refractivity contribution in [2.45, 2.75) is 64.7 Å². The standard InChI is InChI=1S/C51H45O2.ClHO4/c1-35-40(31-42-27-15-29-44-46(36-17-6-2-7-18-36)33-48(52-50(42)44)38-21-10-4-11-22-38)25-14-26-41(35)32-43-28-16-30-45-47(37-19-8-3-9-20-37)34-49(53-51(43)45)39-23-12-5-13-24-39;2-1(3,4)5/h2-13,17-24,31-34H,14-16,25-30H2,1H3;(H,2,3,4,5)/q+1;/p-1. The van der Waals surface area contributed by atoms with E-state index in [1.807, 2.05) is 0 Å². The molecule has 0 saturated heterocycles. The first kappa shape index (κ1) is 39.2. The Morgan fingerprint density at radius 1 is 0.569 bits per heavy atom. The third-order valence-electron chi connectivity index (χ3n) is 11.3. The van der Waals surface area contributed by atoms with Gasteiger partial charge in [-0.25, -0.2) is 23.1 Å². The van der Waals surface area contributed by atoms with Crippen molar-refractivity contribution in [1.29, 1.82) is 0 Å². The molecular weight excluding hydrogens is 744 g/mol. The van der Waals surface area contributed by atoms with Gasteiger partial charge in [-0.1, -0.05) is 115 Å². The highest BCUT2D eigenvalue weighted by Gasteiger charge is 2.33. The maximum absolute atomic E-state index is 8.49. The lowest BCUT2D eigenvalue weighted by Gasteiger charge is -2.30. The molecule has 0 saturated carbocycles. The zero-order chi connectivity index (χ0) is 40.1. The van der Waals surface area contributed by atoms with Crippen LogP contribution in [0.1, 0.15) is 80.7 Å². The lowest BCUT2D eigenvalue weighted by molar-refractivity contribution is -2.00. The van der Waals surface area contributed by atoms with Gasteiger partial charge >= 0.3 is 11.5 Å². The molecule has 0 unspecified atom stereocenters. The number of allylic oxidation sites excluding steroid dienone is 10. The molecule has 5 aromatic rings. The number of fused-ring (bicyclic) bond motifs is 2. The summed E-state index contributed by atoms with van der Waals surface area (Å²) in [5.41, 5.74) is 16.9. The molecule has 2 heterocycles. The fourth-order valence-corrected chi connectivity index (χ4v) is 8.58. The zero-order valence-electron chi connectivity index (χ0n) is 32.5. The van der Waals surface area contributed by atoms with Crippen LogP contribution in [0.5, 0.6) is 0 Å². The van der Waals surface area contributed by atoms with Gasteiger partial charge in [0.25, 0.3) is 0 Å². The van der Waals surface area contributed by atoms with Gasteiger partial charge in [0, 0.05) is 16.7 Å². The van der Waals surface area contributed by atoms with Gasteiger partial charge in [0.1, 0.15) is 11.5 Å². The summed E-state index contributed by atoms with van der Waals surface area (Å²) in [4.78, 5) is 0. The van der Waals surface area contributed by atoms with Gasteiger partial charge in [-0.05, 0) is 128 Å². The van der Waals surface area contributed by atoms with Crippen molar-refractivity contribution < 1.29 is 38.0 Å². The van der Waals surface area contributed by atoms with E-state index >= 15 is 0 Å². The highest BCUT2D eigenvalue weighted by molar-refractivity contribution is 5.89. The van der Waals surface area contributed by atoms with Gasteiger partial charge in [-0.2, -0.15) is 0 Å². The summed E-state index contributed by atoms with van der Waals surface area (Å²) in [6.45, 7) is 2.34. The third-order valence-corrected chi connectivity index (χ3v) is 11.3. The van der Waals surface area contributed by atoms with Crippen molar-refractivity contribution in [3.63, 3.8) is 0 Å². The molecular formula is C51H45ClO6. The fourth-order valence-electron chi connectivity index (χ4n) is 8.58. The predicted octanol–water partition coefficient (Wildman–Crippen LogP) is 9.25. The molecule has 7 heteroatoms. The van der Waals surface area contributed by atoms with Gasteiger partial charge in [0.2, 0.25) is 0 Å². The summed E-state index contributed by atoms with van der Waals surface area (Å²) < 4.78 is 47.8. The van der Waals surface area contributed by atoms with E-state index in [4.69, 9.17) is 27.8 Å². The lowest BCUT2D eigenvalue weighted by atomic mass is 9.81. The highest BCUT2D eigenvalue weighted by Crippen LogP contribution is 2.46. The zero-order valence-corrected chi connectivity index (χ0v) is 33.3. The van der Waals surface area contributed by atoms with E-state index < -0.39 is 10.2 Å². The molecule has 0 N–H and O–H groups in total. The predicted molar refractivity (Wildman–Crippen MR) is 219 cm³/mol. The molecule has 0 atom stereocenters. The van der Waals surface area contributed by atoms with Gasteiger partial charge in [0.15, 0.2) is 0 Å². The molecule has 6 nitrogen and oxygen atoms in total. The summed E-state index contributed by atoms with van der Waals surface area (Å²) in [6.07, 6.45) is 16.9. The number of hydrogen-bond acceptors (Lipinski definition) is 5.